The first-order valence-corrected chi connectivity index (χ1v) is 7.66. The van der Waals surface area contributed by atoms with Crippen molar-refractivity contribution in [3.8, 4) is 11.5 Å². The van der Waals surface area contributed by atoms with Gasteiger partial charge in [0.1, 0.15) is 18.1 Å². The predicted octanol–water partition coefficient (Wildman–Crippen LogP) is 4.26. The van der Waals surface area contributed by atoms with E-state index in [9.17, 15) is 0 Å². The first-order valence-electron chi connectivity index (χ1n) is 6.07. The molecule has 2 rings (SSSR count). The highest BCUT2D eigenvalue weighted by Gasteiger charge is 2.09. The number of hydrogen-bond acceptors (Lipinski definition) is 3. The van der Waals surface area contributed by atoms with Gasteiger partial charge in [-0.25, -0.2) is 0 Å². The Hall–Kier alpha value is -1.04. The number of nitrogens with two attached hydrogens (primary N) is 1. The van der Waals surface area contributed by atoms with Crippen molar-refractivity contribution in [3.63, 3.8) is 0 Å². The molecule has 0 atom stereocenters. The summed E-state index contributed by atoms with van der Waals surface area (Å²) in [6.07, 6.45) is 0. The van der Waals surface area contributed by atoms with Crippen molar-refractivity contribution < 1.29 is 9.47 Å². The van der Waals surface area contributed by atoms with Crippen molar-refractivity contribution in [2.75, 3.05) is 7.11 Å². The Kier molecular flexibility index (Phi) is 5.46. The average molecular weight is 401 g/mol. The Labute approximate surface area is 135 Å². The summed E-state index contributed by atoms with van der Waals surface area (Å²) in [6.45, 7) is 0.985. The SMILES string of the molecule is COc1ccc(COc2c(Br)cc(CN)cc2Br)cc1. The number of benzene rings is 2. The minimum absolute atomic E-state index is 0.489. The van der Waals surface area contributed by atoms with E-state index in [1.807, 2.05) is 36.4 Å². The molecule has 0 heterocycles. The van der Waals surface area contributed by atoms with Gasteiger partial charge in [0, 0.05) is 6.54 Å². The molecule has 0 aliphatic heterocycles. The lowest BCUT2D eigenvalue weighted by molar-refractivity contribution is 0.302. The van der Waals surface area contributed by atoms with Crippen LogP contribution in [0.3, 0.4) is 0 Å². The largest absolute Gasteiger partial charge is 0.497 e. The summed E-state index contributed by atoms with van der Waals surface area (Å²) in [7, 11) is 1.65. The van der Waals surface area contributed by atoms with Crippen LogP contribution in [0.4, 0.5) is 0 Å². The molecule has 5 heteroatoms. The zero-order valence-corrected chi connectivity index (χ0v) is 14.2. The van der Waals surface area contributed by atoms with Gasteiger partial charge in [-0.3, -0.25) is 0 Å². The molecule has 2 aromatic rings. The van der Waals surface area contributed by atoms with Gasteiger partial charge < -0.3 is 15.2 Å². The van der Waals surface area contributed by atoms with Crippen LogP contribution in [-0.4, -0.2) is 7.11 Å². The lowest BCUT2D eigenvalue weighted by Crippen LogP contribution is -2.00. The van der Waals surface area contributed by atoms with Gasteiger partial charge in [-0.15, -0.1) is 0 Å². The standard InChI is InChI=1S/C15H15Br2NO2/c1-19-12-4-2-10(3-5-12)9-20-15-13(16)6-11(8-18)7-14(15)17/h2-7H,8-9,18H2,1H3. The Bertz CT molecular complexity index is 562. The second-order valence-electron chi connectivity index (χ2n) is 4.23. The molecule has 3 nitrogen and oxygen atoms in total. The normalized spacial score (nSPS) is 10.4. The highest BCUT2D eigenvalue weighted by molar-refractivity contribution is 9.11. The van der Waals surface area contributed by atoms with E-state index >= 15 is 0 Å². The lowest BCUT2D eigenvalue weighted by Gasteiger charge is -2.12. The number of rotatable bonds is 5. The van der Waals surface area contributed by atoms with E-state index in [0.29, 0.717) is 13.2 Å². The van der Waals surface area contributed by atoms with E-state index in [1.54, 1.807) is 7.11 Å². The Morgan fingerprint density at radius 3 is 2.10 bits per heavy atom. The minimum Gasteiger partial charge on any atom is -0.497 e. The van der Waals surface area contributed by atoms with E-state index in [2.05, 4.69) is 31.9 Å². The topological polar surface area (TPSA) is 44.5 Å². The fourth-order valence-electron chi connectivity index (χ4n) is 1.75. The van der Waals surface area contributed by atoms with Gasteiger partial charge in [-0.05, 0) is 67.3 Å². The van der Waals surface area contributed by atoms with E-state index < -0.39 is 0 Å². The molecule has 0 spiro atoms. The summed E-state index contributed by atoms with van der Waals surface area (Å²) in [5.41, 5.74) is 7.75. The molecule has 2 aromatic carbocycles. The summed E-state index contributed by atoms with van der Waals surface area (Å²) in [5.74, 6) is 1.61. The van der Waals surface area contributed by atoms with Crippen LogP contribution in [0.5, 0.6) is 11.5 Å². The van der Waals surface area contributed by atoms with Crippen LogP contribution in [-0.2, 0) is 13.2 Å². The highest BCUT2D eigenvalue weighted by atomic mass is 79.9. The molecular weight excluding hydrogens is 386 g/mol. The zero-order valence-electron chi connectivity index (χ0n) is 11.0. The molecule has 0 saturated heterocycles. The fraction of sp³-hybridized carbons (Fsp3) is 0.200. The van der Waals surface area contributed by atoms with Gasteiger partial charge in [-0.2, -0.15) is 0 Å². The van der Waals surface area contributed by atoms with Crippen LogP contribution in [0.1, 0.15) is 11.1 Å². The van der Waals surface area contributed by atoms with E-state index in [0.717, 1.165) is 31.6 Å². The maximum absolute atomic E-state index is 5.85. The van der Waals surface area contributed by atoms with Gasteiger partial charge >= 0.3 is 0 Å². The molecule has 0 fully saturated rings. The van der Waals surface area contributed by atoms with Crippen LogP contribution in [0.2, 0.25) is 0 Å². The summed E-state index contributed by atoms with van der Waals surface area (Å²) in [4.78, 5) is 0. The summed E-state index contributed by atoms with van der Waals surface area (Å²) < 4.78 is 12.8. The van der Waals surface area contributed by atoms with Gasteiger partial charge in [-0.1, -0.05) is 12.1 Å². The minimum atomic E-state index is 0.489. The Morgan fingerprint density at radius 2 is 1.60 bits per heavy atom. The maximum Gasteiger partial charge on any atom is 0.148 e. The van der Waals surface area contributed by atoms with Crippen LogP contribution in [0.25, 0.3) is 0 Å². The number of hydrogen-bond donors (Lipinski definition) is 1. The molecule has 0 aliphatic rings. The first-order chi connectivity index (χ1) is 9.63. The van der Waals surface area contributed by atoms with Gasteiger partial charge in [0.2, 0.25) is 0 Å². The molecule has 0 aromatic heterocycles. The molecule has 106 valence electrons. The van der Waals surface area contributed by atoms with Crippen molar-refractivity contribution in [2.45, 2.75) is 13.2 Å². The quantitative estimate of drug-likeness (QED) is 0.815. The highest BCUT2D eigenvalue weighted by Crippen LogP contribution is 2.35. The number of methoxy groups -OCH3 is 1. The average Bonchev–Trinajstić information content (AvgIpc) is 2.46. The smallest absolute Gasteiger partial charge is 0.148 e. The molecule has 0 amide bonds. The third kappa shape index (κ3) is 3.75. The number of halogens is 2. The van der Waals surface area contributed by atoms with Gasteiger partial charge in [0.15, 0.2) is 0 Å². The molecule has 0 aliphatic carbocycles. The third-order valence-corrected chi connectivity index (χ3v) is 4.01. The second-order valence-corrected chi connectivity index (χ2v) is 5.94. The molecule has 0 unspecified atom stereocenters. The monoisotopic (exact) mass is 399 g/mol. The Morgan fingerprint density at radius 1 is 1.00 bits per heavy atom. The summed E-state index contributed by atoms with van der Waals surface area (Å²) >= 11 is 7.01. The zero-order chi connectivity index (χ0) is 14.5. The molecule has 0 radical (unpaired) electrons. The fourth-order valence-corrected chi connectivity index (χ4v) is 3.26. The van der Waals surface area contributed by atoms with Crippen LogP contribution in [0.15, 0.2) is 45.3 Å². The maximum atomic E-state index is 5.85. The predicted molar refractivity (Wildman–Crippen MR) is 87.1 cm³/mol. The van der Waals surface area contributed by atoms with Crippen LogP contribution >= 0.6 is 31.9 Å². The molecule has 20 heavy (non-hydrogen) atoms. The van der Waals surface area contributed by atoms with E-state index in [1.165, 1.54) is 0 Å². The van der Waals surface area contributed by atoms with Crippen molar-refractivity contribution in [3.05, 3.63) is 56.5 Å². The number of ether oxygens (including phenoxy) is 2. The molecule has 0 bridgehead atoms. The van der Waals surface area contributed by atoms with Crippen LogP contribution in [0, 0.1) is 0 Å². The van der Waals surface area contributed by atoms with Crippen molar-refractivity contribution in [1.82, 2.24) is 0 Å². The third-order valence-electron chi connectivity index (χ3n) is 2.84. The summed E-state index contributed by atoms with van der Waals surface area (Å²) in [5, 5.41) is 0. The first kappa shape index (κ1) is 15.4. The lowest BCUT2D eigenvalue weighted by atomic mass is 10.2. The van der Waals surface area contributed by atoms with Crippen LogP contribution < -0.4 is 15.2 Å². The van der Waals surface area contributed by atoms with Gasteiger partial charge in [0.25, 0.3) is 0 Å². The molecule has 0 saturated carbocycles. The van der Waals surface area contributed by atoms with Crippen molar-refractivity contribution in [2.24, 2.45) is 5.73 Å². The van der Waals surface area contributed by atoms with Crippen molar-refractivity contribution in [1.29, 1.82) is 0 Å². The molecular formula is C15H15Br2NO2. The second kappa shape index (κ2) is 7.11. The van der Waals surface area contributed by atoms with Gasteiger partial charge in [0.05, 0.1) is 16.1 Å². The summed E-state index contributed by atoms with van der Waals surface area (Å²) in [6, 6.07) is 11.7. The Balaban J connectivity index is 2.10. The molecule has 2 N–H and O–H groups in total. The van der Waals surface area contributed by atoms with E-state index in [4.69, 9.17) is 15.2 Å². The van der Waals surface area contributed by atoms with E-state index in [-0.39, 0.29) is 0 Å². The van der Waals surface area contributed by atoms with Crippen molar-refractivity contribution >= 4 is 31.9 Å².